The number of carbonyl (C=O) groups is 1. The van der Waals surface area contributed by atoms with E-state index in [9.17, 15) is 23.1 Å². The van der Waals surface area contributed by atoms with Gasteiger partial charge >= 0.3 is 5.97 Å². The number of hydrogen-bond acceptors (Lipinski definition) is 2. The summed E-state index contributed by atoms with van der Waals surface area (Å²) in [4.78, 5) is 11.6. The molecule has 3 nitrogen and oxygen atoms in total. The molecule has 0 radical (unpaired) electrons. The monoisotopic (exact) mass is 288 g/mol. The fourth-order valence-electron chi connectivity index (χ4n) is 2.88. The molecule has 0 unspecified atom stereocenters. The van der Waals surface area contributed by atoms with Crippen molar-refractivity contribution in [2.75, 3.05) is 7.11 Å². The predicted octanol–water partition coefficient (Wildman–Crippen LogP) is 3.40. The molecule has 0 aromatic heterocycles. The minimum Gasteiger partial charge on any atom is -0.494 e. The zero-order chi connectivity index (χ0) is 14.9. The number of carboxylic acid groups (broad SMARTS) is 1. The van der Waals surface area contributed by atoms with Gasteiger partial charge in [0.15, 0.2) is 23.2 Å². The molecule has 1 aromatic carbocycles. The van der Waals surface area contributed by atoms with Crippen molar-refractivity contribution in [3.63, 3.8) is 0 Å². The number of hydrogen-bond donors (Lipinski definition) is 1. The normalized spacial score (nSPS) is 17.8. The highest BCUT2D eigenvalue weighted by molar-refractivity contribution is 5.82. The van der Waals surface area contributed by atoms with Crippen molar-refractivity contribution < 1.29 is 27.8 Å². The maximum atomic E-state index is 14.3. The minimum atomic E-state index is -1.72. The van der Waals surface area contributed by atoms with Gasteiger partial charge in [0.1, 0.15) is 0 Å². The summed E-state index contributed by atoms with van der Waals surface area (Å²) in [7, 11) is 1.12. The number of methoxy groups -OCH3 is 1. The lowest BCUT2D eigenvalue weighted by molar-refractivity contribution is -0.145. The first-order valence-corrected chi connectivity index (χ1v) is 6.39. The van der Waals surface area contributed by atoms with Gasteiger partial charge in [-0.1, -0.05) is 19.3 Å². The first-order chi connectivity index (χ1) is 9.44. The Kier molecular flexibility index (Phi) is 3.92. The van der Waals surface area contributed by atoms with Crippen LogP contribution in [0.2, 0.25) is 0 Å². The highest BCUT2D eigenvalue weighted by Crippen LogP contribution is 2.44. The maximum absolute atomic E-state index is 14.3. The molecule has 1 aliphatic rings. The van der Waals surface area contributed by atoms with Gasteiger partial charge in [0, 0.05) is 11.6 Å². The molecule has 110 valence electrons. The van der Waals surface area contributed by atoms with E-state index in [0.717, 1.165) is 13.5 Å². The van der Waals surface area contributed by atoms with Crippen molar-refractivity contribution in [1.82, 2.24) is 0 Å². The number of benzene rings is 1. The van der Waals surface area contributed by atoms with Crippen LogP contribution in [0.3, 0.4) is 0 Å². The van der Waals surface area contributed by atoms with Gasteiger partial charge in [0.2, 0.25) is 0 Å². The fraction of sp³-hybridized carbons (Fsp3) is 0.500. The number of carboxylic acids is 1. The summed E-state index contributed by atoms with van der Waals surface area (Å²) in [6, 6.07) is 0.590. The molecule has 1 N–H and O–H groups in total. The molecule has 0 bridgehead atoms. The van der Waals surface area contributed by atoms with E-state index in [0.29, 0.717) is 18.9 Å². The molecule has 1 fully saturated rings. The van der Waals surface area contributed by atoms with Crippen LogP contribution in [0, 0.1) is 17.5 Å². The van der Waals surface area contributed by atoms with Gasteiger partial charge in [-0.05, 0) is 12.8 Å². The SMILES string of the molecule is COc1cc(F)c(F)c(C2(C(=O)O)CCCCC2)c1F. The quantitative estimate of drug-likeness (QED) is 0.867. The first kappa shape index (κ1) is 14.7. The molecule has 2 rings (SSSR count). The van der Waals surface area contributed by atoms with E-state index in [1.165, 1.54) is 0 Å². The largest absolute Gasteiger partial charge is 0.494 e. The second-order valence-electron chi connectivity index (χ2n) is 5.01. The van der Waals surface area contributed by atoms with E-state index in [4.69, 9.17) is 0 Å². The Morgan fingerprint density at radius 1 is 1.20 bits per heavy atom. The van der Waals surface area contributed by atoms with Gasteiger partial charge < -0.3 is 9.84 Å². The van der Waals surface area contributed by atoms with E-state index in [1.54, 1.807) is 0 Å². The Morgan fingerprint density at radius 3 is 2.30 bits per heavy atom. The lowest BCUT2D eigenvalue weighted by atomic mass is 9.69. The molecule has 6 heteroatoms. The van der Waals surface area contributed by atoms with Crippen LogP contribution in [0.4, 0.5) is 13.2 Å². The third-order valence-corrected chi connectivity index (χ3v) is 3.94. The number of ether oxygens (including phenoxy) is 1. The minimum absolute atomic E-state index is 0.0861. The number of halogens is 3. The van der Waals surface area contributed by atoms with Crippen LogP contribution < -0.4 is 4.74 Å². The Balaban J connectivity index is 2.70. The van der Waals surface area contributed by atoms with E-state index in [1.807, 2.05) is 0 Å². The first-order valence-electron chi connectivity index (χ1n) is 6.39. The summed E-state index contributed by atoms with van der Waals surface area (Å²) in [5.74, 6) is -5.68. The molecule has 20 heavy (non-hydrogen) atoms. The summed E-state index contributed by atoms with van der Waals surface area (Å²) in [5.41, 5.74) is -2.44. The highest BCUT2D eigenvalue weighted by Gasteiger charge is 2.46. The van der Waals surface area contributed by atoms with E-state index in [2.05, 4.69) is 4.74 Å². The molecule has 0 heterocycles. The van der Waals surface area contributed by atoms with Gasteiger partial charge in [-0.25, -0.2) is 13.2 Å². The average Bonchev–Trinajstić information content (AvgIpc) is 2.44. The molecule has 1 saturated carbocycles. The van der Waals surface area contributed by atoms with Gasteiger partial charge in [-0.2, -0.15) is 0 Å². The van der Waals surface area contributed by atoms with Crippen LogP contribution in [0.5, 0.6) is 5.75 Å². The summed E-state index contributed by atoms with van der Waals surface area (Å²) in [6.45, 7) is 0. The van der Waals surface area contributed by atoms with Gasteiger partial charge in [-0.3, -0.25) is 4.79 Å². The average molecular weight is 288 g/mol. The third-order valence-electron chi connectivity index (χ3n) is 3.94. The standard InChI is InChI=1S/C14H15F3O3/c1-20-9-7-8(15)11(16)10(12(9)17)14(13(18)19)5-3-2-4-6-14/h7H,2-6H2,1H3,(H,18,19). The Hall–Kier alpha value is -1.72. The predicted molar refractivity (Wildman–Crippen MR) is 65.3 cm³/mol. The molecule has 0 saturated heterocycles. The molecular weight excluding hydrogens is 273 g/mol. The van der Waals surface area contributed by atoms with Gasteiger partial charge in [-0.15, -0.1) is 0 Å². The Morgan fingerprint density at radius 2 is 1.80 bits per heavy atom. The highest BCUT2D eigenvalue weighted by atomic mass is 19.2. The lowest BCUT2D eigenvalue weighted by Gasteiger charge is -2.34. The van der Waals surface area contributed by atoms with Crippen molar-refractivity contribution >= 4 is 5.97 Å². The summed E-state index contributed by atoms with van der Waals surface area (Å²) in [5, 5.41) is 9.45. The zero-order valence-electron chi connectivity index (χ0n) is 11.0. The molecule has 0 amide bonds. The maximum Gasteiger partial charge on any atom is 0.314 e. The molecule has 0 aliphatic heterocycles. The van der Waals surface area contributed by atoms with Crippen molar-refractivity contribution in [2.24, 2.45) is 0 Å². The molecule has 1 aliphatic carbocycles. The Labute approximate surface area is 114 Å². The van der Waals surface area contributed by atoms with Crippen molar-refractivity contribution in [1.29, 1.82) is 0 Å². The van der Waals surface area contributed by atoms with Crippen LogP contribution in [0.1, 0.15) is 37.7 Å². The third kappa shape index (κ3) is 2.13. The summed E-state index contributed by atoms with van der Waals surface area (Å²) >= 11 is 0. The van der Waals surface area contributed by atoms with E-state index >= 15 is 0 Å². The molecular formula is C14H15F3O3. The molecule has 1 aromatic rings. The summed E-state index contributed by atoms with van der Waals surface area (Å²) in [6.07, 6.45) is 2.03. The van der Waals surface area contributed by atoms with Crippen molar-refractivity contribution in [3.05, 3.63) is 29.1 Å². The van der Waals surface area contributed by atoms with E-state index in [-0.39, 0.29) is 12.8 Å². The van der Waals surface area contributed by atoms with Crippen molar-refractivity contribution in [3.8, 4) is 5.75 Å². The molecule has 0 spiro atoms. The second kappa shape index (κ2) is 5.34. The second-order valence-corrected chi connectivity index (χ2v) is 5.01. The van der Waals surface area contributed by atoms with Crippen molar-refractivity contribution in [2.45, 2.75) is 37.5 Å². The van der Waals surface area contributed by atoms with Crippen LogP contribution >= 0.6 is 0 Å². The smallest absolute Gasteiger partial charge is 0.314 e. The van der Waals surface area contributed by atoms with Crippen LogP contribution in [-0.2, 0) is 10.2 Å². The van der Waals surface area contributed by atoms with Crippen LogP contribution in [-0.4, -0.2) is 18.2 Å². The van der Waals surface area contributed by atoms with Gasteiger partial charge in [0.25, 0.3) is 0 Å². The summed E-state index contributed by atoms with van der Waals surface area (Å²) < 4.78 is 46.6. The fourth-order valence-corrected chi connectivity index (χ4v) is 2.88. The van der Waals surface area contributed by atoms with E-state index < -0.39 is 40.1 Å². The molecule has 0 atom stereocenters. The number of rotatable bonds is 3. The van der Waals surface area contributed by atoms with Gasteiger partial charge in [0.05, 0.1) is 12.5 Å². The van der Waals surface area contributed by atoms with Crippen LogP contribution in [0.15, 0.2) is 6.07 Å². The lowest BCUT2D eigenvalue weighted by Crippen LogP contribution is -2.40. The zero-order valence-corrected chi connectivity index (χ0v) is 11.0. The number of aliphatic carboxylic acids is 1. The van der Waals surface area contributed by atoms with Crippen LogP contribution in [0.25, 0.3) is 0 Å². The topological polar surface area (TPSA) is 46.5 Å². The Bertz CT molecular complexity index is 537.